The highest BCUT2D eigenvalue weighted by molar-refractivity contribution is 9.10. The number of allylic oxidation sites excluding steroid dienone is 1. The molecule has 0 spiro atoms. The van der Waals surface area contributed by atoms with E-state index in [1.165, 1.54) is 4.57 Å². The number of hydrogen-bond donors (Lipinski definition) is 0. The van der Waals surface area contributed by atoms with Crippen LogP contribution in [0.5, 0.6) is 5.75 Å². The first-order valence-corrected chi connectivity index (χ1v) is 13.5. The van der Waals surface area contributed by atoms with Crippen LogP contribution in [0.1, 0.15) is 31.0 Å². The van der Waals surface area contributed by atoms with Gasteiger partial charge in [-0.1, -0.05) is 41.7 Å². The zero-order valence-corrected chi connectivity index (χ0v) is 23.4. The lowest BCUT2D eigenvalue weighted by molar-refractivity contribution is -0.139. The van der Waals surface area contributed by atoms with E-state index in [1.807, 2.05) is 30.3 Å². The molecule has 38 heavy (non-hydrogen) atoms. The number of carbonyl (C=O) groups excluding carboxylic acids is 2. The van der Waals surface area contributed by atoms with Crippen molar-refractivity contribution in [3.05, 3.63) is 102 Å². The van der Waals surface area contributed by atoms with Crippen LogP contribution in [0.2, 0.25) is 0 Å². The van der Waals surface area contributed by atoms with E-state index < -0.39 is 17.6 Å². The first kappa shape index (κ1) is 25.9. The van der Waals surface area contributed by atoms with Crippen molar-refractivity contribution in [1.29, 1.82) is 0 Å². The Morgan fingerprint density at radius 2 is 2.00 bits per heavy atom. The van der Waals surface area contributed by atoms with Crippen molar-refractivity contribution in [3.8, 4) is 5.75 Å². The lowest BCUT2D eigenvalue weighted by Gasteiger charge is -2.25. The van der Waals surface area contributed by atoms with Crippen LogP contribution < -0.4 is 24.5 Å². The Morgan fingerprint density at radius 3 is 2.68 bits per heavy atom. The van der Waals surface area contributed by atoms with Gasteiger partial charge < -0.3 is 14.4 Å². The Labute approximate surface area is 231 Å². The molecule has 10 heteroatoms. The van der Waals surface area contributed by atoms with Crippen LogP contribution in [0.3, 0.4) is 0 Å². The molecule has 194 valence electrons. The number of nitrogens with zero attached hydrogens (tertiary/aromatic N) is 3. The smallest absolute Gasteiger partial charge is 0.338 e. The summed E-state index contributed by atoms with van der Waals surface area (Å²) >= 11 is 4.65. The van der Waals surface area contributed by atoms with Crippen LogP contribution in [0.15, 0.2) is 80.6 Å². The molecule has 0 unspecified atom stereocenters. The van der Waals surface area contributed by atoms with E-state index >= 15 is 0 Å². The number of rotatable bonds is 6. The highest BCUT2D eigenvalue weighted by atomic mass is 79.9. The van der Waals surface area contributed by atoms with Gasteiger partial charge in [-0.25, -0.2) is 9.79 Å². The molecule has 0 aliphatic carbocycles. The molecular weight excluding hydrogens is 570 g/mol. The van der Waals surface area contributed by atoms with E-state index in [0.717, 1.165) is 17.0 Å². The Balaban J connectivity index is 1.82. The highest BCUT2D eigenvalue weighted by Gasteiger charge is 2.37. The topological polar surface area (TPSA) is 90.2 Å². The third-order valence-electron chi connectivity index (χ3n) is 6.45. The second-order valence-corrected chi connectivity index (χ2v) is 10.4. The molecule has 8 nitrogen and oxygen atoms in total. The number of methoxy groups -OCH3 is 1. The fourth-order valence-corrected chi connectivity index (χ4v) is 6.51. The van der Waals surface area contributed by atoms with Crippen LogP contribution >= 0.6 is 27.3 Å². The van der Waals surface area contributed by atoms with Gasteiger partial charge in [-0.3, -0.25) is 14.2 Å². The Bertz CT molecular complexity index is 1720. The summed E-state index contributed by atoms with van der Waals surface area (Å²) in [4.78, 5) is 47.5. The summed E-state index contributed by atoms with van der Waals surface area (Å²) in [5, 5.41) is 0. The van der Waals surface area contributed by atoms with Crippen LogP contribution in [0.25, 0.3) is 5.57 Å². The third kappa shape index (κ3) is 4.04. The van der Waals surface area contributed by atoms with Gasteiger partial charge in [0.25, 0.3) is 11.5 Å². The van der Waals surface area contributed by atoms with Crippen molar-refractivity contribution in [3.63, 3.8) is 0 Å². The molecule has 0 saturated carbocycles. The van der Waals surface area contributed by atoms with Crippen LogP contribution in [-0.4, -0.2) is 36.7 Å². The Hall–Kier alpha value is -3.76. The largest absolute Gasteiger partial charge is 0.496 e. The van der Waals surface area contributed by atoms with E-state index in [4.69, 9.17) is 9.47 Å². The van der Waals surface area contributed by atoms with Crippen LogP contribution in [-0.2, 0) is 14.3 Å². The fourth-order valence-electron chi connectivity index (χ4n) is 4.82. The number of para-hydroxylation sites is 1. The molecule has 0 N–H and O–H groups in total. The number of fused-ring (bicyclic) bond motifs is 2. The average Bonchev–Trinajstić information content (AvgIpc) is 3.36. The summed E-state index contributed by atoms with van der Waals surface area (Å²) in [6.07, 6.45) is 1.65. The number of amides is 1. The van der Waals surface area contributed by atoms with Gasteiger partial charge >= 0.3 is 5.97 Å². The maximum atomic E-state index is 14.1. The molecule has 5 rings (SSSR count). The summed E-state index contributed by atoms with van der Waals surface area (Å²) in [6, 6.07) is 11.9. The van der Waals surface area contributed by atoms with Gasteiger partial charge in [0.05, 0.1) is 46.8 Å². The van der Waals surface area contributed by atoms with Crippen molar-refractivity contribution in [2.75, 3.05) is 25.2 Å². The molecule has 0 radical (unpaired) electrons. The Kier molecular flexibility index (Phi) is 6.93. The third-order valence-corrected chi connectivity index (χ3v) is 8.12. The predicted octanol–water partition coefficient (Wildman–Crippen LogP) is 3.47. The normalized spacial score (nSPS) is 17.6. The molecule has 2 aromatic carbocycles. The number of anilines is 1. The van der Waals surface area contributed by atoms with Crippen molar-refractivity contribution in [1.82, 2.24) is 4.57 Å². The van der Waals surface area contributed by atoms with Gasteiger partial charge in [-0.2, -0.15) is 0 Å². The van der Waals surface area contributed by atoms with E-state index in [-0.39, 0.29) is 22.6 Å². The molecule has 2 aliphatic rings. The quantitative estimate of drug-likeness (QED) is 0.322. The number of thiazole rings is 1. The highest BCUT2D eigenvalue weighted by Crippen LogP contribution is 2.37. The molecule has 0 fully saturated rings. The fraction of sp³-hybridized carbons (Fsp3) is 0.214. The second kappa shape index (κ2) is 10.2. The SMILES string of the molecule is C=CCN1C(=O)/C(=c2/sc3n(c2=O)[C@@H](c2ccc(OC)c(Br)c2)C(C(=O)OCC)=C(C)N=3)c2ccccc21. The van der Waals surface area contributed by atoms with Gasteiger partial charge in [0.2, 0.25) is 0 Å². The number of hydrogen-bond acceptors (Lipinski definition) is 7. The molecule has 1 aromatic heterocycles. The Morgan fingerprint density at radius 1 is 1.24 bits per heavy atom. The molecule has 1 atom stereocenters. The summed E-state index contributed by atoms with van der Waals surface area (Å²) in [6.45, 7) is 7.70. The number of halogens is 1. The summed E-state index contributed by atoms with van der Waals surface area (Å²) in [7, 11) is 1.56. The molecule has 3 heterocycles. The lowest BCUT2D eigenvalue weighted by atomic mass is 9.96. The van der Waals surface area contributed by atoms with Gasteiger partial charge in [-0.15, -0.1) is 6.58 Å². The van der Waals surface area contributed by atoms with Gasteiger partial charge in [0.1, 0.15) is 10.3 Å². The summed E-state index contributed by atoms with van der Waals surface area (Å²) in [5.41, 5.74) is 2.69. The number of ether oxygens (including phenoxy) is 2. The average molecular weight is 594 g/mol. The van der Waals surface area contributed by atoms with E-state index in [0.29, 0.717) is 44.0 Å². The van der Waals surface area contributed by atoms with E-state index in [2.05, 4.69) is 27.5 Å². The standard InChI is InChI=1S/C28H24BrN3O5S/c1-5-13-31-19-10-8-7-9-17(19)22(25(31)33)24-26(34)32-23(16-11-12-20(36-4)18(29)14-16)21(27(35)37-6-2)15(3)30-28(32)38-24/h5,7-12,14,23H,1,6,13H2,2-4H3/b24-22+/t23-/m0/s1. The number of carbonyl (C=O) groups is 2. The zero-order valence-electron chi connectivity index (χ0n) is 21.0. The van der Waals surface area contributed by atoms with Crippen molar-refractivity contribution < 1.29 is 19.1 Å². The number of aromatic nitrogens is 1. The summed E-state index contributed by atoms with van der Waals surface area (Å²) < 4.78 is 13.1. The van der Waals surface area contributed by atoms with Gasteiger partial charge in [0.15, 0.2) is 4.80 Å². The monoisotopic (exact) mass is 593 g/mol. The minimum atomic E-state index is -0.808. The predicted molar refractivity (Wildman–Crippen MR) is 149 cm³/mol. The zero-order chi connectivity index (χ0) is 27.1. The minimum Gasteiger partial charge on any atom is -0.496 e. The minimum absolute atomic E-state index is 0.174. The molecule has 2 aliphatic heterocycles. The van der Waals surface area contributed by atoms with E-state index in [9.17, 15) is 14.4 Å². The molecule has 0 bridgehead atoms. The van der Waals surface area contributed by atoms with Crippen molar-refractivity contribution in [2.24, 2.45) is 4.99 Å². The second-order valence-electron chi connectivity index (χ2n) is 8.61. The van der Waals surface area contributed by atoms with Crippen molar-refractivity contribution in [2.45, 2.75) is 19.9 Å². The first-order chi connectivity index (χ1) is 18.3. The molecular formula is C28H24BrN3O5S. The first-order valence-electron chi connectivity index (χ1n) is 11.9. The number of esters is 1. The molecule has 0 saturated heterocycles. The maximum Gasteiger partial charge on any atom is 0.338 e. The lowest BCUT2D eigenvalue weighted by Crippen LogP contribution is -2.41. The van der Waals surface area contributed by atoms with Crippen molar-refractivity contribution >= 4 is 50.4 Å². The van der Waals surface area contributed by atoms with Crippen LogP contribution in [0.4, 0.5) is 5.69 Å². The maximum absolute atomic E-state index is 14.1. The summed E-state index contributed by atoms with van der Waals surface area (Å²) in [5.74, 6) is -0.221. The van der Waals surface area contributed by atoms with Gasteiger partial charge in [0, 0.05) is 12.1 Å². The van der Waals surface area contributed by atoms with E-state index in [1.54, 1.807) is 44.1 Å². The molecule has 1 amide bonds. The van der Waals surface area contributed by atoms with Crippen LogP contribution in [0, 0.1) is 0 Å². The number of benzene rings is 2. The van der Waals surface area contributed by atoms with Gasteiger partial charge in [-0.05, 0) is 53.5 Å². The molecule has 3 aromatic rings.